The SMILES string of the molecule is O=C1CCC2(C(=O)OCc3nc(-c4ccc(F)cc4)no3)N1c1ccccc1C(=O)N2C1CC1. The topological polar surface area (TPSA) is 106 Å². The molecule has 0 N–H and O–H groups in total. The number of carbonyl (C=O) groups is 3. The Labute approximate surface area is 193 Å². The molecule has 0 bridgehead atoms. The van der Waals surface area contributed by atoms with Crippen LogP contribution in [0.3, 0.4) is 0 Å². The molecule has 2 aliphatic heterocycles. The number of esters is 1. The van der Waals surface area contributed by atoms with E-state index in [9.17, 15) is 18.8 Å². The van der Waals surface area contributed by atoms with Gasteiger partial charge in [0.05, 0.1) is 11.3 Å². The lowest BCUT2D eigenvalue weighted by atomic mass is 9.96. The molecule has 1 aliphatic carbocycles. The first-order chi connectivity index (χ1) is 16.5. The Morgan fingerprint density at radius 2 is 1.91 bits per heavy atom. The summed E-state index contributed by atoms with van der Waals surface area (Å²) in [5.41, 5.74) is -0.179. The van der Waals surface area contributed by atoms with E-state index in [4.69, 9.17) is 9.26 Å². The van der Waals surface area contributed by atoms with Crippen LogP contribution >= 0.6 is 0 Å². The summed E-state index contributed by atoms with van der Waals surface area (Å²) in [6.45, 7) is -0.328. The molecular weight excluding hydrogens is 443 g/mol. The maximum Gasteiger partial charge on any atom is 0.354 e. The number of para-hydroxylation sites is 1. The van der Waals surface area contributed by atoms with Crippen LogP contribution in [0.15, 0.2) is 53.1 Å². The molecule has 2 amide bonds. The second-order valence-electron chi connectivity index (χ2n) is 8.56. The largest absolute Gasteiger partial charge is 0.452 e. The second kappa shape index (κ2) is 7.47. The van der Waals surface area contributed by atoms with Crippen LogP contribution in [0.25, 0.3) is 11.4 Å². The van der Waals surface area contributed by atoms with Gasteiger partial charge in [0, 0.05) is 24.4 Å². The molecule has 3 aliphatic rings. The number of ether oxygens (including phenoxy) is 1. The van der Waals surface area contributed by atoms with E-state index in [1.54, 1.807) is 24.3 Å². The van der Waals surface area contributed by atoms with Crippen LogP contribution in [0.4, 0.5) is 10.1 Å². The molecule has 1 unspecified atom stereocenters. The number of hydrogen-bond donors (Lipinski definition) is 0. The second-order valence-corrected chi connectivity index (χ2v) is 8.56. The molecule has 10 heteroatoms. The van der Waals surface area contributed by atoms with Crippen LogP contribution < -0.4 is 4.90 Å². The van der Waals surface area contributed by atoms with Crippen LogP contribution in [0, 0.1) is 5.82 Å². The molecule has 0 radical (unpaired) electrons. The zero-order valence-electron chi connectivity index (χ0n) is 17.9. The zero-order chi connectivity index (χ0) is 23.4. The smallest absolute Gasteiger partial charge is 0.354 e. The van der Waals surface area contributed by atoms with E-state index in [2.05, 4.69) is 10.1 Å². The zero-order valence-corrected chi connectivity index (χ0v) is 17.9. The number of nitrogens with zero attached hydrogens (tertiary/aromatic N) is 4. The monoisotopic (exact) mass is 462 g/mol. The summed E-state index contributed by atoms with van der Waals surface area (Å²) < 4.78 is 23.9. The average molecular weight is 462 g/mol. The third-order valence-corrected chi connectivity index (χ3v) is 6.44. The van der Waals surface area contributed by atoms with Gasteiger partial charge in [-0.1, -0.05) is 17.3 Å². The minimum Gasteiger partial charge on any atom is -0.452 e. The summed E-state index contributed by atoms with van der Waals surface area (Å²) in [4.78, 5) is 47.1. The lowest BCUT2D eigenvalue weighted by Crippen LogP contribution is -2.69. The summed E-state index contributed by atoms with van der Waals surface area (Å²) in [5.74, 6) is -1.35. The predicted octanol–water partition coefficient (Wildman–Crippen LogP) is 3.06. The van der Waals surface area contributed by atoms with Crippen molar-refractivity contribution in [3.05, 3.63) is 65.8 Å². The summed E-state index contributed by atoms with van der Waals surface area (Å²) in [6, 6.07) is 12.3. The Morgan fingerprint density at radius 1 is 1.15 bits per heavy atom. The number of aromatic nitrogens is 2. The summed E-state index contributed by atoms with van der Waals surface area (Å²) >= 11 is 0. The summed E-state index contributed by atoms with van der Waals surface area (Å²) in [6.07, 6.45) is 1.78. The van der Waals surface area contributed by atoms with Gasteiger partial charge in [-0.3, -0.25) is 14.5 Å². The van der Waals surface area contributed by atoms with Crippen molar-refractivity contribution in [1.29, 1.82) is 0 Å². The fourth-order valence-electron chi connectivity index (χ4n) is 4.79. The molecule has 34 heavy (non-hydrogen) atoms. The van der Waals surface area contributed by atoms with Gasteiger partial charge in [-0.25, -0.2) is 9.18 Å². The maximum atomic E-state index is 13.6. The van der Waals surface area contributed by atoms with E-state index in [1.165, 1.54) is 34.1 Å². The molecule has 3 aromatic rings. The van der Waals surface area contributed by atoms with Crippen molar-refractivity contribution < 1.29 is 28.0 Å². The van der Waals surface area contributed by atoms with Crippen molar-refractivity contribution in [1.82, 2.24) is 15.0 Å². The number of benzene rings is 2. The number of anilines is 1. The Hall–Kier alpha value is -4.08. The van der Waals surface area contributed by atoms with Gasteiger partial charge in [0.2, 0.25) is 17.4 Å². The van der Waals surface area contributed by atoms with E-state index in [1.807, 2.05) is 0 Å². The van der Waals surface area contributed by atoms with E-state index in [0.29, 0.717) is 16.8 Å². The highest BCUT2D eigenvalue weighted by atomic mass is 19.1. The summed E-state index contributed by atoms with van der Waals surface area (Å²) in [5, 5.41) is 3.85. The van der Waals surface area contributed by atoms with Crippen molar-refractivity contribution in [2.75, 3.05) is 4.90 Å². The third kappa shape index (κ3) is 3.01. The third-order valence-electron chi connectivity index (χ3n) is 6.44. The first-order valence-electron chi connectivity index (χ1n) is 11.0. The van der Waals surface area contributed by atoms with Crippen LogP contribution in [0.1, 0.15) is 41.9 Å². The Morgan fingerprint density at radius 3 is 2.68 bits per heavy atom. The predicted molar refractivity (Wildman–Crippen MR) is 115 cm³/mol. The van der Waals surface area contributed by atoms with Crippen molar-refractivity contribution in [3.63, 3.8) is 0 Å². The Balaban J connectivity index is 1.30. The molecule has 172 valence electrons. The average Bonchev–Trinajstić information content (AvgIpc) is 3.45. The van der Waals surface area contributed by atoms with Gasteiger partial charge in [0.15, 0.2) is 6.61 Å². The van der Waals surface area contributed by atoms with Gasteiger partial charge in [0.1, 0.15) is 5.82 Å². The number of amides is 2. The molecule has 1 atom stereocenters. The van der Waals surface area contributed by atoms with E-state index in [-0.39, 0.29) is 54.8 Å². The maximum absolute atomic E-state index is 13.6. The molecular formula is C24H19FN4O5. The minimum atomic E-state index is -1.54. The van der Waals surface area contributed by atoms with Gasteiger partial charge < -0.3 is 14.2 Å². The lowest BCUT2D eigenvalue weighted by Gasteiger charge is -2.48. The highest BCUT2D eigenvalue weighted by Crippen LogP contribution is 2.49. The first-order valence-corrected chi connectivity index (χ1v) is 11.0. The number of halogens is 1. The number of rotatable bonds is 5. The Bertz CT molecular complexity index is 1320. The van der Waals surface area contributed by atoms with Crippen molar-refractivity contribution in [3.8, 4) is 11.4 Å². The van der Waals surface area contributed by atoms with E-state index < -0.39 is 11.6 Å². The normalized spacial score (nSPS) is 21.4. The van der Waals surface area contributed by atoms with Gasteiger partial charge in [0.25, 0.3) is 11.8 Å². The van der Waals surface area contributed by atoms with E-state index >= 15 is 0 Å². The molecule has 1 saturated heterocycles. The first kappa shape index (κ1) is 20.5. The van der Waals surface area contributed by atoms with Crippen LogP contribution in [0.2, 0.25) is 0 Å². The lowest BCUT2D eigenvalue weighted by molar-refractivity contribution is -0.159. The molecule has 1 aromatic heterocycles. The molecule has 1 saturated carbocycles. The van der Waals surface area contributed by atoms with Gasteiger partial charge in [-0.15, -0.1) is 0 Å². The van der Waals surface area contributed by atoms with Crippen LogP contribution in [-0.2, 0) is 20.9 Å². The molecule has 0 spiro atoms. The quantitative estimate of drug-likeness (QED) is 0.537. The van der Waals surface area contributed by atoms with Crippen molar-refractivity contribution in [2.45, 2.75) is 44.0 Å². The molecule has 2 fully saturated rings. The molecule has 2 aromatic carbocycles. The molecule has 6 rings (SSSR count). The molecule has 3 heterocycles. The fourth-order valence-corrected chi connectivity index (χ4v) is 4.79. The highest BCUT2D eigenvalue weighted by molar-refractivity contribution is 6.15. The number of fused-ring (bicyclic) bond motifs is 3. The summed E-state index contributed by atoms with van der Waals surface area (Å²) in [7, 11) is 0. The number of carbonyl (C=O) groups excluding carboxylic acids is 3. The number of hydrogen-bond acceptors (Lipinski definition) is 7. The van der Waals surface area contributed by atoms with E-state index in [0.717, 1.165) is 12.8 Å². The molecule has 9 nitrogen and oxygen atoms in total. The Kier molecular flexibility index (Phi) is 4.51. The van der Waals surface area contributed by atoms with Crippen molar-refractivity contribution in [2.24, 2.45) is 0 Å². The van der Waals surface area contributed by atoms with Gasteiger partial charge >= 0.3 is 5.97 Å². The minimum absolute atomic E-state index is 0.0421. The van der Waals surface area contributed by atoms with Gasteiger partial charge in [-0.05, 0) is 49.2 Å². The standard InChI is InChI=1S/C24H19FN4O5/c25-15-7-5-14(6-8-15)21-26-19(34-27-21)13-33-23(32)24-12-11-20(30)29(24)18-4-2-1-3-17(18)22(31)28(24)16-9-10-16/h1-8,16H,9-13H2. The van der Waals surface area contributed by atoms with Crippen molar-refractivity contribution >= 4 is 23.5 Å². The fraction of sp³-hybridized carbons (Fsp3) is 0.292. The van der Waals surface area contributed by atoms with Crippen LogP contribution in [-0.4, -0.2) is 44.5 Å². The van der Waals surface area contributed by atoms with Crippen LogP contribution in [0.5, 0.6) is 0 Å². The highest BCUT2D eigenvalue weighted by Gasteiger charge is 2.64. The van der Waals surface area contributed by atoms with Gasteiger partial charge in [-0.2, -0.15) is 4.98 Å².